The molecule has 4 heteroatoms. The molecular formula is C15H13BrN2O. The Balaban J connectivity index is 2.16. The van der Waals surface area contributed by atoms with Crippen molar-refractivity contribution in [2.24, 2.45) is 0 Å². The third-order valence-electron chi connectivity index (χ3n) is 3.12. The van der Waals surface area contributed by atoms with Crippen LogP contribution >= 0.6 is 15.9 Å². The highest BCUT2D eigenvalue weighted by molar-refractivity contribution is 9.09. The molecule has 0 atom stereocenters. The third kappa shape index (κ3) is 2.40. The molecule has 0 fully saturated rings. The fourth-order valence-electron chi connectivity index (χ4n) is 2.21. The molecule has 1 heterocycles. The first-order chi connectivity index (χ1) is 9.28. The first kappa shape index (κ1) is 12.4. The zero-order valence-corrected chi connectivity index (χ0v) is 12.1. The molecule has 0 saturated carbocycles. The van der Waals surface area contributed by atoms with E-state index in [1.165, 1.54) is 16.3 Å². The van der Waals surface area contributed by atoms with Crippen LogP contribution in [-0.4, -0.2) is 15.5 Å². The van der Waals surface area contributed by atoms with E-state index < -0.39 is 0 Å². The number of hydrogen-bond acceptors (Lipinski definition) is 3. The lowest BCUT2D eigenvalue weighted by Gasteiger charge is -2.06. The zero-order chi connectivity index (χ0) is 13.2. The van der Waals surface area contributed by atoms with Crippen molar-refractivity contribution in [1.29, 1.82) is 0 Å². The van der Waals surface area contributed by atoms with Gasteiger partial charge < -0.3 is 4.52 Å². The SMILES string of the molecule is Cc1nc(-c2ccc3cccc(CCBr)c3c2)no1. The number of aryl methyl sites for hydroxylation is 2. The molecule has 0 aliphatic carbocycles. The lowest BCUT2D eigenvalue weighted by Crippen LogP contribution is -1.89. The van der Waals surface area contributed by atoms with Gasteiger partial charge in [0.15, 0.2) is 0 Å². The summed E-state index contributed by atoms with van der Waals surface area (Å²) in [5.41, 5.74) is 2.32. The van der Waals surface area contributed by atoms with E-state index in [9.17, 15) is 0 Å². The molecule has 0 saturated heterocycles. The van der Waals surface area contributed by atoms with E-state index >= 15 is 0 Å². The highest BCUT2D eigenvalue weighted by Crippen LogP contribution is 2.25. The maximum atomic E-state index is 5.04. The summed E-state index contributed by atoms with van der Waals surface area (Å²) in [5.74, 6) is 1.23. The molecule has 0 radical (unpaired) electrons. The molecule has 0 aliphatic rings. The van der Waals surface area contributed by atoms with Crippen molar-refractivity contribution in [2.75, 3.05) is 5.33 Å². The Morgan fingerprint density at radius 2 is 2.11 bits per heavy atom. The molecule has 0 spiro atoms. The van der Waals surface area contributed by atoms with Crippen LogP contribution in [0.25, 0.3) is 22.2 Å². The van der Waals surface area contributed by atoms with Crippen LogP contribution in [-0.2, 0) is 6.42 Å². The van der Waals surface area contributed by atoms with Gasteiger partial charge in [-0.15, -0.1) is 0 Å². The van der Waals surface area contributed by atoms with Gasteiger partial charge in [0, 0.05) is 17.8 Å². The summed E-state index contributed by atoms with van der Waals surface area (Å²) in [7, 11) is 0. The number of nitrogens with zero attached hydrogens (tertiary/aromatic N) is 2. The van der Waals surface area contributed by atoms with Gasteiger partial charge in [0.1, 0.15) is 0 Å². The highest BCUT2D eigenvalue weighted by atomic mass is 79.9. The summed E-state index contributed by atoms with van der Waals surface area (Å²) in [6.45, 7) is 1.80. The smallest absolute Gasteiger partial charge is 0.223 e. The van der Waals surface area contributed by atoms with Crippen LogP contribution in [0.3, 0.4) is 0 Å². The summed E-state index contributed by atoms with van der Waals surface area (Å²) >= 11 is 3.50. The van der Waals surface area contributed by atoms with E-state index in [4.69, 9.17) is 4.52 Å². The van der Waals surface area contributed by atoms with Gasteiger partial charge in [-0.25, -0.2) is 0 Å². The number of rotatable bonds is 3. The van der Waals surface area contributed by atoms with Crippen LogP contribution in [0.1, 0.15) is 11.5 Å². The summed E-state index contributed by atoms with van der Waals surface area (Å²) < 4.78 is 5.04. The van der Waals surface area contributed by atoms with Crippen molar-refractivity contribution < 1.29 is 4.52 Å². The second-order valence-corrected chi connectivity index (χ2v) is 5.22. The minimum atomic E-state index is 0.587. The average Bonchev–Trinajstić information content (AvgIpc) is 2.86. The fourth-order valence-corrected chi connectivity index (χ4v) is 2.64. The van der Waals surface area contributed by atoms with Crippen molar-refractivity contribution in [3.63, 3.8) is 0 Å². The number of benzene rings is 2. The highest BCUT2D eigenvalue weighted by Gasteiger charge is 2.08. The van der Waals surface area contributed by atoms with E-state index in [2.05, 4.69) is 56.4 Å². The van der Waals surface area contributed by atoms with Crippen LogP contribution in [0.4, 0.5) is 0 Å². The van der Waals surface area contributed by atoms with Gasteiger partial charge >= 0.3 is 0 Å². The summed E-state index contributed by atoms with van der Waals surface area (Å²) in [4.78, 5) is 4.28. The number of hydrogen-bond donors (Lipinski definition) is 0. The molecule has 0 bridgehead atoms. The molecule has 0 N–H and O–H groups in total. The predicted molar refractivity (Wildman–Crippen MR) is 79.5 cm³/mol. The number of alkyl halides is 1. The first-order valence-corrected chi connectivity index (χ1v) is 7.28. The molecule has 3 rings (SSSR count). The van der Waals surface area contributed by atoms with Gasteiger partial charge in [-0.3, -0.25) is 0 Å². The second-order valence-electron chi connectivity index (χ2n) is 4.43. The molecule has 0 unspecified atom stereocenters. The van der Waals surface area contributed by atoms with Gasteiger partial charge in [-0.2, -0.15) is 4.98 Å². The van der Waals surface area contributed by atoms with Crippen molar-refractivity contribution >= 4 is 26.7 Å². The van der Waals surface area contributed by atoms with E-state index in [1.54, 1.807) is 6.92 Å². The number of fused-ring (bicyclic) bond motifs is 1. The van der Waals surface area contributed by atoms with Gasteiger partial charge in [0.05, 0.1) is 0 Å². The van der Waals surface area contributed by atoms with Crippen LogP contribution < -0.4 is 0 Å². The third-order valence-corrected chi connectivity index (χ3v) is 3.52. The normalized spacial score (nSPS) is 11.1. The minimum Gasteiger partial charge on any atom is -0.339 e. The quantitative estimate of drug-likeness (QED) is 0.682. The fraction of sp³-hybridized carbons (Fsp3) is 0.200. The van der Waals surface area contributed by atoms with E-state index in [1.807, 2.05) is 6.07 Å². The van der Waals surface area contributed by atoms with Crippen molar-refractivity contribution in [2.45, 2.75) is 13.3 Å². The molecule has 3 aromatic rings. The Morgan fingerprint density at radius 3 is 2.84 bits per heavy atom. The van der Waals surface area contributed by atoms with Crippen molar-refractivity contribution in [3.05, 3.63) is 47.9 Å². The van der Waals surface area contributed by atoms with Crippen LogP contribution in [0.15, 0.2) is 40.9 Å². The summed E-state index contributed by atoms with van der Waals surface area (Å²) in [5, 5.41) is 7.42. The van der Waals surface area contributed by atoms with Gasteiger partial charge in [0.2, 0.25) is 11.7 Å². The molecule has 19 heavy (non-hydrogen) atoms. The number of halogens is 1. The van der Waals surface area contributed by atoms with E-state index in [0.29, 0.717) is 11.7 Å². The largest absolute Gasteiger partial charge is 0.339 e. The molecule has 96 valence electrons. The lowest BCUT2D eigenvalue weighted by molar-refractivity contribution is 0.394. The Morgan fingerprint density at radius 1 is 1.21 bits per heavy atom. The summed E-state index contributed by atoms with van der Waals surface area (Å²) in [6, 6.07) is 12.7. The summed E-state index contributed by atoms with van der Waals surface area (Å²) in [6.07, 6.45) is 1.01. The van der Waals surface area contributed by atoms with Crippen LogP contribution in [0.2, 0.25) is 0 Å². The number of aromatic nitrogens is 2. The van der Waals surface area contributed by atoms with Crippen molar-refractivity contribution in [3.8, 4) is 11.4 Å². The molecule has 2 aromatic carbocycles. The molecule has 0 aliphatic heterocycles. The Bertz CT molecular complexity index is 721. The van der Waals surface area contributed by atoms with Gasteiger partial charge in [0.25, 0.3) is 0 Å². The molecule has 1 aromatic heterocycles. The van der Waals surface area contributed by atoms with Gasteiger partial charge in [-0.05, 0) is 28.8 Å². The predicted octanol–water partition coefficient (Wildman–Crippen LogP) is 4.14. The topological polar surface area (TPSA) is 38.9 Å². The Hall–Kier alpha value is -1.68. The average molecular weight is 317 g/mol. The standard InChI is InChI=1S/C15H13BrN2O/c1-10-17-15(18-19-10)13-6-5-11-3-2-4-12(7-8-16)14(11)9-13/h2-6,9H,7-8H2,1H3. The van der Waals surface area contributed by atoms with E-state index in [-0.39, 0.29) is 0 Å². The Labute approximate surface area is 119 Å². The maximum Gasteiger partial charge on any atom is 0.223 e. The van der Waals surface area contributed by atoms with Gasteiger partial charge in [-0.1, -0.05) is 51.4 Å². The zero-order valence-electron chi connectivity index (χ0n) is 10.6. The molecule has 0 amide bonds. The monoisotopic (exact) mass is 316 g/mol. The van der Waals surface area contributed by atoms with E-state index in [0.717, 1.165) is 17.3 Å². The minimum absolute atomic E-state index is 0.587. The molecular weight excluding hydrogens is 304 g/mol. The molecule has 3 nitrogen and oxygen atoms in total. The first-order valence-electron chi connectivity index (χ1n) is 6.16. The van der Waals surface area contributed by atoms with Crippen LogP contribution in [0.5, 0.6) is 0 Å². The second kappa shape index (κ2) is 5.13. The Kier molecular flexibility index (Phi) is 3.34. The van der Waals surface area contributed by atoms with Crippen molar-refractivity contribution in [1.82, 2.24) is 10.1 Å². The lowest BCUT2D eigenvalue weighted by atomic mass is 10.0. The van der Waals surface area contributed by atoms with Crippen LogP contribution in [0, 0.1) is 6.92 Å². The maximum absolute atomic E-state index is 5.04.